The molecule has 0 aromatic heterocycles. The summed E-state index contributed by atoms with van der Waals surface area (Å²) in [5.41, 5.74) is -0.459. The molecule has 2 aliphatic rings. The summed E-state index contributed by atoms with van der Waals surface area (Å²) in [6.45, 7) is 7.49. The first-order chi connectivity index (χ1) is 8.85. The van der Waals surface area contributed by atoms with Gasteiger partial charge in [0.25, 0.3) is 0 Å². The topological polar surface area (TPSA) is 59.0 Å². The Hall–Kier alpha value is -0.810. The van der Waals surface area contributed by atoms with E-state index in [1.807, 2.05) is 20.8 Å². The van der Waals surface area contributed by atoms with E-state index in [0.717, 1.165) is 19.3 Å². The third-order valence-electron chi connectivity index (χ3n) is 3.82. The molecule has 1 heterocycles. The maximum atomic E-state index is 12.2. The highest BCUT2D eigenvalue weighted by atomic mass is 16.6. The van der Waals surface area contributed by atoms with Crippen LogP contribution in [0.1, 0.15) is 40.0 Å². The van der Waals surface area contributed by atoms with E-state index in [9.17, 15) is 9.90 Å². The zero-order chi connectivity index (χ0) is 14.1. The van der Waals surface area contributed by atoms with Gasteiger partial charge in [-0.05, 0) is 45.4 Å². The predicted molar refractivity (Wildman–Crippen MR) is 70.9 cm³/mol. The first-order valence-electron chi connectivity index (χ1n) is 7.03. The fourth-order valence-electron chi connectivity index (χ4n) is 2.49. The number of aliphatic hydroxyl groups excluding tert-OH is 1. The minimum absolute atomic E-state index is 0.0195. The number of aliphatic hydroxyl groups is 1. The Morgan fingerprint density at radius 1 is 1.47 bits per heavy atom. The van der Waals surface area contributed by atoms with Gasteiger partial charge < -0.3 is 19.5 Å². The Balaban J connectivity index is 1.97. The van der Waals surface area contributed by atoms with E-state index in [4.69, 9.17) is 9.47 Å². The molecule has 0 spiro atoms. The molecule has 19 heavy (non-hydrogen) atoms. The smallest absolute Gasteiger partial charge is 0.410 e. The Labute approximate surface area is 114 Å². The van der Waals surface area contributed by atoms with Crippen molar-refractivity contribution >= 4 is 6.09 Å². The first-order valence-corrected chi connectivity index (χ1v) is 7.03. The molecule has 1 amide bonds. The average molecular weight is 271 g/mol. The van der Waals surface area contributed by atoms with Crippen LogP contribution in [0.15, 0.2) is 0 Å². The number of hydrogen-bond donors (Lipinski definition) is 1. The van der Waals surface area contributed by atoms with Gasteiger partial charge in [0.05, 0.1) is 19.3 Å². The summed E-state index contributed by atoms with van der Waals surface area (Å²) in [4.78, 5) is 14.0. The van der Waals surface area contributed by atoms with E-state index in [2.05, 4.69) is 0 Å². The van der Waals surface area contributed by atoms with Crippen LogP contribution in [0.5, 0.6) is 0 Å². The van der Waals surface area contributed by atoms with Crippen molar-refractivity contribution in [2.45, 2.75) is 51.7 Å². The Morgan fingerprint density at radius 2 is 2.16 bits per heavy atom. The van der Waals surface area contributed by atoms with Gasteiger partial charge in [-0.15, -0.1) is 0 Å². The van der Waals surface area contributed by atoms with Crippen molar-refractivity contribution in [3.63, 3.8) is 0 Å². The van der Waals surface area contributed by atoms with Crippen molar-refractivity contribution < 1.29 is 19.4 Å². The van der Waals surface area contributed by atoms with Crippen LogP contribution < -0.4 is 0 Å². The van der Waals surface area contributed by atoms with Crippen LogP contribution in [0, 0.1) is 5.41 Å². The molecule has 2 fully saturated rings. The lowest BCUT2D eigenvalue weighted by Gasteiger charge is -2.38. The van der Waals surface area contributed by atoms with Crippen molar-refractivity contribution in [2.24, 2.45) is 5.41 Å². The molecule has 1 N–H and O–H groups in total. The quantitative estimate of drug-likeness (QED) is 0.850. The average Bonchev–Trinajstić information content (AvgIpc) is 3.08. The molecule has 1 aliphatic heterocycles. The number of rotatable bonds is 3. The number of carbonyl (C=O) groups is 1. The third-order valence-corrected chi connectivity index (χ3v) is 3.82. The number of morpholine rings is 1. The molecule has 5 nitrogen and oxygen atoms in total. The van der Waals surface area contributed by atoms with Crippen LogP contribution in [0.3, 0.4) is 0 Å². The van der Waals surface area contributed by atoms with Gasteiger partial charge in [-0.1, -0.05) is 0 Å². The highest BCUT2D eigenvalue weighted by Crippen LogP contribution is 2.49. The van der Waals surface area contributed by atoms with Crippen molar-refractivity contribution in [3.8, 4) is 0 Å². The van der Waals surface area contributed by atoms with Gasteiger partial charge in [-0.25, -0.2) is 4.79 Å². The molecule has 1 atom stereocenters. The number of ether oxygens (including phenoxy) is 2. The second kappa shape index (κ2) is 5.29. The zero-order valence-electron chi connectivity index (χ0n) is 12.1. The monoisotopic (exact) mass is 271 g/mol. The Kier molecular flexibility index (Phi) is 4.06. The minimum Gasteiger partial charge on any atom is -0.444 e. The van der Waals surface area contributed by atoms with E-state index in [0.29, 0.717) is 19.8 Å². The summed E-state index contributed by atoms with van der Waals surface area (Å²) < 4.78 is 10.9. The third kappa shape index (κ3) is 3.83. The van der Waals surface area contributed by atoms with E-state index >= 15 is 0 Å². The van der Waals surface area contributed by atoms with Gasteiger partial charge in [0.15, 0.2) is 0 Å². The van der Waals surface area contributed by atoms with Crippen molar-refractivity contribution in [1.82, 2.24) is 4.90 Å². The maximum Gasteiger partial charge on any atom is 0.410 e. The van der Waals surface area contributed by atoms with E-state index < -0.39 is 5.60 Å². The molecular weight excluding hydrogens is 246 g/mol. The summed E-state index contributed by atoms with van der Waals surface area (Å²) in [7, 11) is 0. The summed E-state index contributed by atoms with van der Waals surface area (Å²) >= 11 is 0. The van der Waals surface area contributed by atoms with E-state index in [1.165, 1.54) is 0 Å². The highest BCUT2D eigenvalue weighted by Gasteiger charge is 2.46. The molecule has 1 aliphatic carbocycles. The Bertz CT molecular complexity index is 333. The molecule has 1 unspecified atom stereocenters. The van der Waals surface area contributed by atoms with Gasteiger partial charge in [0, 0.05) is 13.2 Å². The standard InChI is InChI=1S/C14H25NO4/c1-13(2,3)19-12(17)15-6-7-18-9-11(15)8-14(10-16)4-5-14/h11,16H,4-10H2,1-3H3. The largest absolute Gasteiger partial charge is 0.444 e. The van der Waals surface area contributed by atoms with Crippen LogP contribution >= 0.6 is 0 Å². The van der Waals surface area contributed by atoms with Crippen LogP contribution in [-0.2, 0) is 9.47 Å². The highest BCUT2D eigenvalue weighted by molar-refractivity contribution is 5.68. The molecule has 5 heteroatoms. The second-order valence-corrected chi connectivity index (χ2v) is 6.76. The summed E-state index contributed by atoms with van der Waals surface area (Å²) in [5.74, 6) is 0. The van der Waals surface area contributed by atoms with Crippen LogP contribution in [0.25, 0.3) is 0 Å². The lowest BCUT2D eigenvalue weighted by Crippen LogP contribution is -2.51. The molecule has 2 rings (SSSR count). The predicted octanol–water partition coefficient (Wildman–Crippen LogP) is 1.78. The lowest BCUT2D eigenvalue weighted by atomic mass is 9.96. The van der Waals surface area contributed by atoms with Crippen molar-refractivity contribution in [1.29, 1.82) is 0 Å². The van der Waals surface area contributed by atoms with Crippen LogP contribution in [0.2, 0.25) is 0 Å². The van der Waals surface area contributed by atoms with Gasteiger partial charge in [-0.3, -0.25) is 0 Å². The van der Waals surface area contributed by atoms with Gasteiger partial charge >= 0.3 is 6.09 Å². The minimum atomic E-state index is -0.478. The van der Waals surface area contributed by atoms with Crippen LogP contribution in [0.4, 0.5) is 4.79 Å². The first kappa shape index (κ1) is 14.6. The molecular formula is C14H25NO4. The van der Waals surface area contributed by atoms with Gasteiger partial charge in [0.2, 0.25) is 0 Å². The fraction of sp³-hybridized carbons (Fsp3) is 0.929. The normalized spacial score (nSPS) is 26.1. The molecule has 1 saturated carbocycles. The van der Waals surface area contributed by atoms with Crippen molar-refractivity contribution in [3.05, 3.63) is 0 Å². The molecule has 0 radical (unpaired) electrons. The van der Waals surface area contributed by atoms with Crippen molar-refractivity contribution in [2.75, 3.05) is 26.4 Å². The summed E-state index contributed by atoms with van der Waals surface area (Å²) in [6, 6.07) is 0.0262. The number of amides is 1. The molecule has 0 aromatic carbocycles. The SMILES string of the molecule is CC(C)(C)OC(=O)N1CCOCC1CC1(CO)CC1. The fourth-order valence-corrected chi connectivity index (χ4v) is 2.49. The number of hydrogen-bond acceptors (Lipinski definition) is 4. The van der Waals surface area contributed by atoms with Gasteiger partial charge in [0.1, 0.15) is 5.60 Å². The zero-order valence-corrected chi connectivity index (χ0v) is 12.1. The van der Waals surface area contributed by atoms with Gasteiger partial charge in [-0.2, -0.15) is 0 Å². The Morgan fingerprint density at radius 3 is 2.68 bits per heavy atom. The molecule has 110 valence electrons. The molecule has 0 aromatic rings. The van der Waals surface area contributed by atoms with E-state index in [-0.39, 0.29) is 24.2 Å². The van der Waals surface area contributed by atoms with E-state index in [1.54, 1.807) is 4.90 Å². The molecule has 1 saturated heterocycles. The summed E-state index contributed by atoms with van der Waals surface area (Å²) in [5, 5.41) is 9.42. The summed E-state index contributed by atoms with van der Waals surface area (Å²) in [6.07, 6.45) is 2.63. The number of carbonyl (C=O) groups excluding carboxylic acids is 1. The number of nitrogens with zero attached hydrogens (tertiary/aromatic N) is 1. The van der Waals surface area contributed by atoms with Crippen LogP contribution in [-0.4, -0.2) is 54.1 Å². The second-order valence-electron chi connectivity index (χ2n) is 6.76. The lowest BCUT2D eigenvalue weighted by molar-refractivity contribution is -0.0404. The molecule has 0 bridgehead atoms. The maximum absolute atomic E-state index is 12.2.